The summed E-state index contributed by atoms with van der Waals surface area (Å²) in [7, 11) is 0. The number of pyridine rings is 1. The van der Waals surface area contributed by atoms with E-state index in [1.165, 1.54) is 24.6 Å². The second-order valence-corrected chi connectivity index (χ2v) is 9.85. The molecule has 2 aliphatic rings. The summed E-state index contributed by atoms with van der Waals surface area (Å²) in [6, 6.07) is 7.89. The molecule has 184 valence electrons. The largest absolute Gasteiger partial charge is 0.471 e. The number of aryl methyl sites for hydroxylation is 1. The molecule has 1 amide bonds. The van der Waals surface area contributed by atoms with Crippen LogP contribution in [0.1, 0.15) is 75.1 Å². The Hall–Kier alpha value is -2.51. The number of halogens is 1. The van der Waals surface area contributed by atoms with Gasteiger partial charge in [-0.25, -0.2) is 9.37 Å². The number of nitrogens with one attached hydrogen (secondary N) is 2. The number of rotatable bonds is 10. The molecule has 0 unspecified atom stereocenters. The Morgan fingerprint density at radius 1 is 1.29 bits per heavy atom. The van der Waals surface area contributed by atoms with Crippen molar-refractivity contribution >= 4 is 5.91 Å². The maximum atomic E-state index is 13.3. The Balaban J connectivity index is 1.47. The molecule has 1 aliphatic heterocycles. The second-order valence-electron chi connectivity index (χ2n) is 9.85. The summed E-state index contributed by atoms with van der Waals surface area (Å²) in [6.07, 6.45) is 8.79. The highest BCUT2D eigenvalue weighted by Crippen LogP contribution is 2.48. The van der Waals surface area contributed by atoms with Crippen molar-refractivity contribution in [2.75, 3.05) is 6.54 Å². The number of benzene rings is 1. The molecule has 6 nitrogen and oxygen atoms in total. The molecule has 2 heterocycles. The number of aliphatic hydroxyl groups excluding tert-OH is 1. The number of carbonyl (C=O) groups is 1. The number of unbranched alkanes of at least 4 members (excludes halogenated alkanes) is 1. The highest BCUT2D eigenvalue weighted by atomic mass is 19.1. The number of aliphatic hydroxyl groups is 1. The molecular formula is C27H36FN3O3. The number of hydrogen-bond acceptors (Lipinski definition) is 5. The lowest BCUT2D eigenvalue weighted by Gasteiger charge is -2.47. The molecule has 0 bridgehead atoms. The van der Waals surface area contributed by atoms with E-state index in [2.05, 4.69) is 28.6 Å². The fourth-order valence-corrected chi connectivity index (χ4v) is 4.98. The van der Waals surface area contributed by atoms with Crippen molar-refractivity contribution in [1.29, 1.82) is 0 Å². The maximum Gasteiger partial charge on any atom is 0.218 e. The molecule has 1 fully saturated rings. The van der Waals surface area contributed by atoms with Crippen LogP contribution in [0.4, 0.5) is 4.39 Å². The van der Waals surface area contributed by atoms with E-state index < -0.39 is 12.1 Å². The quantitative estimate of drug-likeness (QED) is 0.490. The van der Waals surface area contributed by atoms with Gasteiger partial charge in [0, 0.05) is 37.7 Å². The molecular weight excluding hydrogens is 433 g/mol. The van der Waals surface area contributed by atoms with Crippen molar-refractivity contribution in [3.05, 3.63) is 59.0 Å². The molecule has 3 atom stereocenters. The topological polar surface area (TPSA) is 83.5 Å². The van der Waals surface area contributed by atoms with Crippen molar-refractivity contribution in [3.8, 4) is 5.88 Å². The molecule has 2 aromatic rings. The van der Waals surface area contributed by atoms with Crippen LogP contribution in [0.5, 0.6) is 5.88 Å². The van der Waals surface area contributed by atoms with Crippen LogP contribution < -0.4 is 15.4 Å². The van der Waals surface area contributed by atoms with Crippen LogP contribution in [0.15, 0.2) is 36.5 Å². The highest BCUT2D eigenvalue weighted by molar-refractivity contribution is 5.73. The zero-order valence-electron chi connectivity index (χ0n) is 20.1. The standard InChI is InChI=1S/C27H36FN3O3/c1-3-4-6-20-13-22-24(15-27(11-5-12-27)34-26(22)30-16-20)29-17-25(33)23(31-18(2)32)14-19-7-9-21(28)10-8-19/h7-10,13,16,23-25,29,33H,3-6,11-12,14-15,17H2,1-2H3,(H,31,32)/t23-,24-,25+/m0/s1. The van der Waals surface area contributed by atoms with Gasteiger partial charge in [-0.3, -0.25) is 4.79 Å². The van der Waals surface area contributed by atoms with Gasteiger partial charge in [0.2, 0.25) is 11.8 Å². The summed E-state index contributed by atoms with van der Waals surface area (Å²) >= 11 is 0. The number of ether oxygens (including phenoxy) is 1. The summed E-state index contributed by atoms with van der Waals surface area (Å²) in [5.74, 6) is 0.181. The minimum atomic E-state index is -0.811. The van der Waals surface area contributed by atoms with Crippen LogP contribution in [0.3, 0.4) is 0 Å². The summed E-state index contributed by atoms with van der Waals surface area (Å²) in [4.78, 5) is 16.5. The predicted octanol–water partition coefficient (Wildman–Crippen LogP) is 4.01. The van der Waals surface area contributed by atoms with Crippen LogP contribution in [0.2, 0.25) is 0 Å². The average Bonchev–Trinajstić information content (AvgIpc) is 2.80. The van der Waals surface area contributed by atoms with Gasteiger partial charge >= 0.3 is 0 Å². The van der Waals surface area contributed by atoms with Gasteiger partial charge in [-0.15, -0.1) is 0 Å². The molecule has 34 heavy (non-hydrogen) atoms. The monoisotopic (exact) mass is 469 g/mol. The summed E-state index contributed by atoms with van der Waals surface area (Å²) in [5, 5.41) is 17.4. The van der Waals surface area contributed by atoms with Gasteiger partial charge in [0.25, 0.3) is 0 Å². The van der Waals surface area contributed by atoms with Crippen LogP contribution in [0, 0.1) is 5.82 Å². The molecule has 1 spiro atoms. The van der Waals surface area contributed by atoms with Crippen molar-refractivity contribution in [2.24, 2.45) is 0 Å². The first kappa shape index (κ1) is 24.6. The Labute approximate surface area is 201 Å². The van der Waals surface area contributed by atoms with Crippen molar-refractivity contribution < 1.29 is 19.0 Å². The molecule has 3 N–H and O–H groups in total. The van der Waals surface area contributed by atoms with E-state index >= 15 is 0 Å². The van der Waals surface area contributed by atoms with Gasteiger partial charge in [-0.1, -0.05) is 25.5 Å². The van der Waals surface area contributed by atoms with Gasteiger partial charge in [-0.2, -0.15) is 0 Å². The SMILES string of the molecule is CCCCc1cnc2c(c1)[C@@H](NC[C@@H](O)[C@H](Cc1ccc(F)cc1)NC(C)=O)CC1(CCC1)O2. The van der Waals surface area contributed by atoms with Crippen molar-refractivity contribution in [2.45, 2.75) is 89.0 Å². The minimum absolute atomic E-state index is 0.0246. The predicted molar refractivity (Wildman–Crippen MR) is 129 cm³/mol. The van der Waals surface area contributed by atoms with E-state index in [4.69, 9.17) is 4.74 Å². The van der Waals surface area contributed by atoms with Gasteiger partial charge in [-0.05, 0) is 67.9 Å². The number of fused-ring (bicyclic) bond motifs is 1. The third-order valence-corrected chi connectivity index (χ3v) is 7.08. The highest BCUT2D eigenvalue weighted by Gasteiger charge is 2.46. The maximum absolute atomic E-state index is 13.3. The molecule has 4 rings (SSSR count). The Morgan fingerprint density at radius 2 is 2.06 bits per heavy atom. The van der Waals surface area contributed by atoms with E-state index in [1.54, 1.807) is 12.1 Å². The van der Waals surface area contributed by atoms with E-state index in [-0.39, 0.29) is 23.4 Å². The first-order chi connectivity index (χ1) is 16.4. The first-order valence-electron chi connectivity index (χ1n) is 12.5. The minimum Gasteiger partial charge on any atom is -0.471 e. The summed E-state index contributed by atoms with van der Waals surface area (Å²) in [5.41, 5.74) is 2.94. The van der Waals surface area contributed by atoms with Crippen molar-refractivity contribution in [3.63, 3.8) is 0 Å². The molecule has 0 saturated heterocycles. The Kier molecular flexibility index (Phi) is 7.84. The van der Waals surface area contributed by atoms with Crippen molar-refractivity contribution in [1.82, 2.24) is 15.6 Å². The molecule has 1 aliphatic carbocycles. The van der Waals surface area contributed by atoms with E-state index in [1.807, 2.05) is 6.20 Å². The zero-order valence-corrected chi connectivity index (χ0v) is 20.1. The lowest BCUT2D eigenvalue weighted by Crippen LogP contribution is -2.52. The van der Waals surface area contributed by atoms with E-state index in [0.717, 1.165) is 56.1 Å². The smallest absolute Gasteiger partial charge is 0.218 e. The number of nitrogens with zero attached hydrogens (tertiary/aromatic N) is 1. The fraction of sp³-hybridized carbons (Fsp3) is 0.556. The van der Waals surface area contributed by atoms with E-state index in [9.17, 15) is 14.3 Å². The van der Waals surface area contributed by atoms with Crippen LogP contribution in [-0.2, 0) is 17.6 Å². The third-order valence-electron chi connectivity index (χ3n) is 7.08. The lowest BCUT2D eigenvalue weighted by molar-refractivity contribution is -0.120. The number of hydrogen-bond donors (Lipinski definition) is 3. The zero-order chi connectivity index (χ0) is 24.1. The first-order valence-corrected chi connectivity index (χ1v) is 12.5. The third kappa shape index (κ3) is 5.94. The van der Waals surface area contributed by atoms with Crippen LogP contribution in [-0.4, -0.2) is 40.3 Å². The van der Waals surface area contributed by atoms with Crippen LogP contribution >= 0.6 is 0 Å². The number of carbonyl (C=O) groups excluding carboxylic acids is 1. The average molecular weight is 470 g/mol. The van der Waals surface area contributed by atoms with Gasteiger partial charge in [0.05, 0.1) is 12.1 Å². The number of aromatic nitrogens is 1. The van der Waals surface area contributed by atoms with Gasteiger partial charge in [0.15, 0.2) is 0 Å². The van der Waals surface area contributed by atoms with Crippen LogP contribution in [0.25, 0.3) is 0 Å². The normalized spacial score (nSPS) is 20.1. The Morgan fingerprint density at radius 3 is 2.71 bits per heavy atom. The second kappa shape index (κ2) is 10.8. The molecule has 7 heteroatoms. The van der Waals surface area contributed by atoms with Gasteiger partial charge in [0.1, 0.15) is 11.4 Å². The lowest BCUT2D eigenvalue weighted by atomic mass is 9.73. The fourth-order valence-electron chi connectivity index (χ4n) is 4.98. The summed E-state index contributed by atoms with van der Waals surface area (Å²) in [6.45, 7) is 3.93. The summed E-state index contributed by atoms with van der Waals surface area (Å²) < 4.78 is 19.6. The van der Waals surface area contributed by atoms with Gasteiger partial charge < -0.3 is 20.5 Å². The Bertz CT molecular complexity index is 978. The number of amides is 1. The molecule has 1 aromatic heterocycles. The molecule has 1 aromatic carbocycles. The molecule has 1 saturated carbocycles. The van der Waals surface area contributed by atoms with E-state index in [0.29, 0.717) is 18.8 Å². The molecule has 0 radical (unpaired) electrons.